The number of hydrogen-bond donors (Lipinski definition) is 1. The van der Waals surface area contributed by atoms with Crippen LogP contribution in [0.2, 0.25) is 0 Å². The van der Waals surface area contributed by atoms with Crippen LogP contribution in [0, 0.1) is 10.1 Å². The fraction of sp³-hybridized carbons (Fsp3) is 0. The van der Waals surface area contributed by atoms with Crippen molar-refractivity contribution >= 4 is 21.9 Å². The molecule has 0 radical (unpaired) electrons. The van der Waals surface area contributed by atoms with E-state index in [9.17, 15) is 18.5 Å². The highest BCUT2D eigenvalue weighted by Gasteiger charge is 2.25. The Hall–Kier alpha value is -1.73. The van der Waals surface area contributed by atoms with Crippen LogP contribution in [0.5, 0.6) is 0 Å². The Morgan fingerprint density at radius 3 is 2.47 bits per heavy atom. The van der Waals surface area contributed by atoms with Crippen molar-refractivity contribution in [2.75, 3.05) is 0 Å². The number of hydrogen-bond acceptors (Lipinski definition) is 4. The molecule has 1 N–H and O–H groups in total. The largest absolute Gasteiger partial charge is 0.301 e. The van der Waals surface area contributed by atoms with E-state index in [2.05, 4.69) is 6.58 Å². The van der Waals surface area contributed by atoms with Crippen LogP contribution < -0.4 is 0 Å². The van der Waals surface area contributed by atoms with E-state index >= 15 is 0 Å². The Morgan fingerprint density at radius 2 is 2.07 bits per heavy atom. The number of nitrogens with zero attached hydrogens (tertiary/aromatic N) is 1. The van der Waals surface area contributed by atoms with Gasteiger partial charge in [0.05, 0.1) is 10.5 Å². The first-order valence-corrected chi connectivity index (χ1v) is 5.19. The quantitative estimate of drug-likeness (QED) is 0.481. The van der Waals surface area contributed by atoms with Crippen LogP contribution >= 0.6 is 0 Å². The molecule has 80 valence electrons. The maximum absolute atomic E-state index is 10.8. The van der Waals surface area contributed by atoms with E-state index in [1.807, 2.05) is 0 Å². The molecule has 0 unspecified atom stereocenters. The second-order valence-electron chi connectivity index (χ2n) is 2.63. The predicted octanol–water partition coefficient (Wildman–Crippen LogP) is 1.48. The Morgan fingerprint density at radius 1 is 1.47 bits per heavy atom. The molecule has 7 heteroatoms. The van der Waals surface area contributed by atoms with Crippen molar-refractivity contribution < 1.29 is 17.9 Å². The van der Waals surface area contributed by atoms with Crippen molar-refractivity contribution in [1.82, 2.24) is 0 Å². The number of benzene rings is 1. The summed E-state index contributed by atoms with van der Waals surface area (Å²) in [5, 5.41) is 10.6. The standard InChI is InChI=1S/C8H7NO5S/c1-2-6-4-3-5-7(15(12,13)14)8(6)9(10)11/h2-5H,1H2,(H,12,13,14). The minimum atomic E-state index is -4.60. The molecule has 0 aliphatic carbocycles. The maximum Gasteiger partial charge on any atom is 0.301 e. The summed E-state index contributed by atoms with van der Waals surface area (Å²) in [7, 11) is -4.60. The molecule has 0 bridgehead atoms. The van der Waals surface area contributed by atoms with Gasteiger partial charge in [-0.3, -0.25) is 14.7 Å². The summed E-state index contributed by atoms with van der Waals surface area (Å²) in [5.41, 5.74) is -0.634. The van der Waals surface area contributed by atoms with Crippen molar-refractivity contribution in [2.45, 2.75) is 4.90 Å². The first-order valence-electron chi connectivity index (χ1n) is 3.75. The summed E-state index contributed by atoms with van der Waals surface area (Å²) in [4.78, 5) is 9.02. The number of para-hydroxylation sites is 1. The van der Waals surface area contributed by atoms with E-state index in [1.165, 1.54) is 12.1 Å². The Kier molecular flexibility index (Phi) is 2.87. The molecule has 0 amide bonds. The van der Waals surface area contributed by atoms with Crippen molar-refractivity contribution in [2.24, 2.45) is 0 Å². The fourth-order valence-corrected chi connectivity index (χ4v) is 1.79. The van der Waals surface area contributed by atoms with Gasteiger partial charge < -0.3 is 0 Å². The summed E-state index contributed by atoms with van der Waals surface area (Å²) in [5.74, 6) is 0. The van der Waals surface area contributed by atoms with Crippen molar-refractivity contribution in [3.05, 3.63) is 40.5 Å². The first-order chi connectivity index (χ1) is 6.88. The molecule has 1 aromatic rings. The summed E-state index contributed by atoms with van der Waals surface area (Å²) in [6, 6.07) is 3.58. The Bertz CT molecular complexity index is 520. The molecule has 0 heterocycles. The fourth-order valence-electron chi connectivity index (χ4n) is 1.11. The Labute approximate surface area is 85.8 Å². The molecular formula is C8H7NO5S. The summed E-state index contributed by atoms with van der Waals surface area (Å²) in [6.07, 6.45) is 1.15. The SMILES string of the molecule is C=Cc1cccc(S(=O)(=O)O)c1[N+](=O)[O-]. The molecule has 0 aliphatic heterocycles. The molecule has 15 heavy (non-hydrogen) atoms. The molecule has 0 aromatic heterocycles. The molecule has 0 saturated heterocycles. The minimum Gasteiger partial charge on any atom is -0.282 e. The van der Waals surface area contributed by atoms with E-state index in [0.717, 1.165) is 12.1 Å². The van der Waals surface area contributed by atoms with Crippen molar-refractivity contribution in [3.63, 3.8) is 0 Å². The molecule has 1 rings (SSSR count). The zero-order valence-corrected chi connectivity index (χ0v) is 8.27. The third-order valence-corrected chi connectivity index (χ3v) is 2.60. The van der Waals surface area contributed by atoms with Gasteiger partial charge in [-0.1, -0.05) is 18.7 Å². The molecule has 0 atom stereocenters. The van der Waals surface area contributed by atoms with Gasteiger partial charge in [-0.15, -0.1) is 0 Å². The monoisotopic (exact) mass is 229 g/mol. The van der Waals surface area contributed by atoms with Gasteiger partial charge in [-0.25, -0.2) is 0 Å². The van der Waals surface area contributed by atoms with Crippen LogP contribution in [0.3, 0.4) is 0 Å². The van der Waals surface area contributed by atoms with Crippen LogP contribution in [0.25, 0.3) is 6.08 Å². The van der Waals surface area contributed by atoms with Crippen molar-refractivity contribution in [3.8, 4) is 0 Å². The van der Waals surface area contributed by atoms with Gasteiger partial charge in [0.25, 0.3) is 5.69 Å². The summed E-state index contributed by atoms with van der Waals surface area (Å²) >= 11 is 0. The predicted molar refractivity (Wildman–Crippen MR) is 53.0 cm³/mol. The number of nitro benzene ring substituents is 1. The second-order valence-corrected chi connectivity index (χ2v) is 4.02. The smallest absolute Gasteiger partial charge is 0.282 e. The lowest BCUT2D eigenvalue weighted by molar-refractivity contribution is -0.388. The third-order valence-electron chi connectivity index (χ3n) is 1.71. The highest BCUT2D eigenvalue weighted by molar-refractivity contribution is 7.86. The van der Waals surface area contributed by atoms with Gasteiger partial charge >= 0.3 is 10.1 Å². The highest BCUT2D eigenvalue weighted by Crippen LogP contribution is 2.28. The maximum atomic E-state index is 10.8. The van der Waals surface area contributed by atoms with Gasteiger partial charge in [0.2, 0.25) is 0 Å². The average Bonchev–Trinajstić information content (AvgIpc) is 2.15. The van der Waals surface area contributed by atoms with Gasteiger partial charge in [-0.2, -0.15) is 8.42 Å². The molecular weight excluding hydrogens is 222 g/mol. The van der Waals surface area contributed by atoms with E-state index < -0.39 is 25.6 Å². The molecule has 0 fully saturated rings. The second kappa shape index (κ2) is 3.79. The van der Waals surface area contributed by atoms with E-state index in [1.54, 1.807) is 0 Å². The molecule has 0 spiro atoms. The van der Waals surface area contributed by atoms with Gasteiger partial charge in [0.15, 0.2) is 4.90 Å². The van der Waals surface area contributed by atoms with Crippen molar-refractivity contribution in [1.29, 1.82) is 0 Å². The zero-order valence-electron chi connectivity index (χ0n) is 7.45. The topological polar surface area (TPSA) is 97.5 Å². The molecule has 0 aliphatic rings. The average molecular weight is 229 g/mol. The molecule has 0 saturated carbocycles. The third kappa shape index (κ3) is 2.20. The van der Waals surface area contributed by atoms with E-state index in [-0.39, 0.29) is 5.56 Å². The van der Waals surface area contributed by atoms with Crippen LogP contribution in [0.4, 0.5) is 5.69 Å². The Balaban J connectivity index is 3.68. The lowest BCUT2D eigenvalue weighted by Gasteiger charge is -2.01. The molecule has 1 aromatic carbocycles. The number of nitro groups is 1. The van der Waals surface area contributed by atoms with Crippen LogP contribution in [0.1, 0.15) is 5.56 Å². The highest BCUT2D eigenvalue weighted by atomic mass is 32.2. The summed E-state index contributed by atoms with van der Waals surface area (Å²) in [6.45, 7) is 3.32. The minimum absolute atomic E-state index is 0.0372. The summed E-state index contributed by atoms with van der Waals surface area (Å²) < 4.78 is 30.5. The van der Waals surface area contributed by atoms with Crippen LogP contribution in [-0.2, 0) is 10.1 Å². The van der Waals surface area contributed by atoms with E-state index in [4.69, 9.17) is 4.55 Å². The lowest BCUT2D eigenvalue weighted by atomic mass is 10.2. The zero-order chi connectivity index (χ0) is 11.6. The number of rotatable bonds is 3. The van der Waals surface area contributed by atoms with Crippen LogP contribution in [-0.4, -0.2) is 17.9 Å². The van der Waals surface area contributed by atoms with Gasteiger partial charge in [0.1, 0.15) is 0 Å². The van der Waals surface area contributed by atoms with Gasteiger partial charge in [-0.05, 0) is 12.1 Å². The molecule has 6 nitrogen and oxygen atoms in total. The van der Waals surface area contributed by atoms with Crippen LogP contribution in [0.15, 0.2) is 29.7 Å². The normalized spacial score (nSPS) is 11.0. The van der Waals surface area contributed by atoms with Gasteiger partial charge in [0, 0.05) is 0 Å². The van der Waals surface area contributed by atoms with E-state index in [0.29, 0.717) is 0 Å². The first kappa shape index (κ1) is 11.3. The lowest BCUT2D eigenvalue weighted by Crippen LogP contribution is -2.04.